The Morgan fingerprint density at radius 3 is 2.72 bits per heavy atom. The van der Waals surface area contributed by atoms with Gasteiger partial charge >= 0.3 is 0 Å². The van der Waals surface area contributed by atoms with Gasteiger partial charge in [0.2, 0.25) is 0 Å². The molecule has 3 rings (SSSR count). The van der Waals surface area contributed by atoms with E-state index in [1.807, 2.05) is 25.3 Å². The van der Waals surface area contributed by atoms with Crippen LogP contribution < -0.4 is 5.32 Å². The number of imidazole rings is 1. The van der Waals surface area contributed by atoms with E-state index >= 15 is 0 Å². The van der Waals surface area contributed by atoms with Gasteiger partial charge in [-0.2, -0.15) is 0 Å². The van der Waals surface area contributed by atoms with Crippen molar-refractivity contribution < 1.29 is 5.11 Å². The molecular weight excluding hydrogens is 226 g/mol. The molecule has 1 saturated heterocycles. The number of aryl methyl sites for hydroxylation is 2. The van der Waals surface area contributed by atoms with Crippen LogP contribution in [0, 0.1) is 13.8 Å². The number of fused-ring (bicyclic) bond motifs is 1. The molecule has 1 aliphatic rings. The summed E-state index contributed by atoms with van der Waals surface area (Å²) >= 11 is 0. The highest BCUT2D eigenvalue weighted by molar-refractivity contribution is 5.45. The van der Waals surface area contributed by atoms with Crippen molar-refractivity contribution in [2.45, 2.75) is 32.3 Å². The SMILES string of the molecule is Cc1nc2ccc(C3(O)CCNCC3)cn2c1C. The van der Waals surface area contributed by atoms with Crippen LogP contribution in [0.3, 0.4) is 0 Å². The molecule has 4 nitrogen and oxygen atoms in total. The van der Waals surface area contributed by atoms with E-state index in [2.05, 4.69) is 21.6 Å². The highest BCUT2D eigenvalue weighted by atomic mass is 16.3. The van der Waals surface area contributed by atoms with Gasteiger partial charge in [-0.3, -0.25) is 0 Å². The first-order valence-corrected chi connectivity index (χ1v) is 6.49. The first-order valence-electron chi connectivity index (χ1n) is 6.49. The van der Waals surface area contributed by atoms with Crippen LogP contribution in [0.1, 0.15) is 29.8 Å². The molecule has 96 valence electrons. The predicted octanol–water partition coefficient (Wildman–Crippen LogP) is 1.52. The average Bonchev–Trinajstić information content (AvgIpc) is 2.66. The predicted molar refractivity (Wildman–Crippen MR) is 70.7 cm³/mol. The molecule has 0 amide bonds. The van der Waals surface area contributed by atoms with Crippen molar-refractivity contribution in [1.82, 2.24) is 14.7 Å². The van der Waals surface area contributed by atoms with Crippen LogP contribution in [-0.2, 0) is 5.60 Å². The van der Waals surface area contributed by atoms with Gasteiger partial charge in [-0.05, 0) is 45.8 Å². The minimum Gasteiger partial charge on any atom is -0.385 e. The summed E-state index contributed by atoms with van der Waals surface area (Å²) in [6.07, 6.45) is 3.58. The van der Waals surface area contributed by atoms with Crippen LogP contribution in [0.15, 0.2) is 18.3 Å². The molecule has 1 fully saturated rings. The third-order valence-corrected chi connectivity index (χ3v) is 4.06. The summed E-state index contributed by atoms with van der Waals surface area (Å²) in [5.74, 6) is 0. The Balaban J connectivity index is 2.09. The molecule has 3 heterocycles. The number of hydrogen-bond donors (Lipinski definition) is 2. The number of hydrogen-bond acceptors (Lipinski definition) is 3. The second-order valence-electron chi connectivity index (χ2n) is 5.21. The Kier molecular flexibility index (Phi) is 2.64. The molecule has 0 spiro atoms. The van der Waals surface area contributed by atoms with Crippen molar-refractivity contribution in [3.8, 4) is 0 Å². The van der Waals surface area contributed by atoms with Gasteiger partial charge in [-0.15, -0.1) is 0 Å². The van der Waals surface area contributed by atoms with E-state index in [4.69, 9.17) is 0 Å². The second kappa shape index (κ2) is 4.07. The largest absolute Gasteiger partial charge is 0.385 e. The van der Waals surface area contributed by atoms with E-state index in [1.165, 1.54) is 0 Å². The monoisotopic (exact) mass is 245 g/mol. The van der Waals surface area contributed by atoms with Gasteiger partial charge in [0.1, 0.15) is 5.65 Å². The third kappa shape index (κ3) is 1.72. The zero-order valence-corrected chi connectivity index (χ0v) is 10.9. The maximum atomic E-state index is 10.7. The summed E-state index contributed by atoms with van der Waals surface area (Å²) in [6, 6.07) is 4.00. The Bertz CT molecular complexity index is 582. The Hall–Kier alpha value is -1.39. The van der Waals surface area contributed by atoms with Crippen LogP contribution in [0.4, 0.5) is 0 Å². The lowest BCUT2D eigenvalue weighted by molar-refractivity contribution is 0.00557. The van der Waals surface area contributed by atoms with Crippen molar-refractivity contribution in [1.29, 1.82) is 0 Å². The van der Waals surface area contributed by atoms with Gasteiger partial charge < -0.3 is 14.8 Å². The quantitative estimate of drug-likeness (QED) is 0.801. The van der Waals surface area contributed by atoms with Crippen LogP contribution in [-0.4, -0.2) is 27.6 Å². The molecule has 0 radical (unpaired) electrons. The molecule has 1 aliphatic heterocycles. The number of rotatable bonds is 1. The molecule has 2 N–H and O–H groups in total. The standard InChI is InChI=1S/C14H19N3O/c1-10-11(2)17-9-12(3-4-13(17)16-10)14(18)5-7-15-8-6-14/h3-4,9,15,18H,5-8H2,1-2H3. The normalized spacial score (nSPS) is 19.3. The first kappa shape index (κ1) is 11.7. The van der Waals surface area contributed by atoms with Gasteiger partial charge in [0.05, 0.1) is 11.3 Å². The van der Waals surface area contributed by atoms with E-state index in [0.29, 0.717) is 0 Å². The molecule has 4 heteroatoms. The Morgan fingerprint density at radius 2 is 2.00 bits per heavy atom. The van der Waals surface area contributed by atoms with Crippen LogP contribution in [0.2, 0.25) is 0 Å². The lowest BCUT2D eigenvalue weighted by Gasteiger charge is -2.33. The summed E-state index contributed by atoms with van der Waals surface area (Å²) in [6.45, 7) is 5.82. The fraction of sp³-hybridized carbons (Fsp3) is 0.500. The minimum absolute atomic E-state index is 0.690. The summed E-state index contributed by atoms with van der Waals surface area (Å²) in [7, 11) is 0. The maximum Gasteiger partial charge on any atom is 0.137 e. The summed E-state index contributed by atoms with van der Waals surface area (Å²) in [4.78, 5) is 4.49. The van der Waals surface area contributed by atoms with Gasteiger partial charge in [0.15, 0.2) is 0 Å². The molecule has 0 aliphatic carbocycles. The fourth-order valence-electron chi connectivity index (χ4n) is 2.68. The summed E-state index contributed by atoms with van der Waals surface area (Å²) < 4.78 is 2.07. The van der Waals surface area contributed by atoms with Crippen molar-refractivity contribution in [2.75, 3.05) is 13.1 Å². The number of nitrogens with one attached hydrogen (secondary N) is 1. The number of nitrogens with zero attached hydrogens (tertiary/aromatic N) is 2. The van der Waals surface area contributed by atoms with E-state index in [-0.39, 0.29) is 0 Å². The number of aliphatic hydroxyl groups is 1. The number of pyridine rings is 1. The molecule has 2 aromatic heterocycles. The summed E-state index contributed by atoms with van der Waals surface area (Å²) in [5.41, 5.74) is 3.45. The topological polar surface area (TPSA) is 49.6 Å². The minimum atomic E-state index is -0.690. The van der Waals surface area contributed by atoms with Crippen LogP contribution >= 0.6 is 0 Å². The molecule has 18 heavy (non-hydrogen) atoms. The zero-order chi connectivity index (χ0) is 12.8. The average molecular weight is 245 g/mol. The fourth-order valence-corrected chi connectivity index (χ4v) is 2.68. The second-order valence-corrected chi connectivity index (χ2v) is 5.21. The Labute approximate surface area is 107 Å². The molecule has 0 atom stereocenters. The third-order valence-electron chi connectivity index (χ3n) is 4.06. The molecule has 2 aromatic rings. The van der Waals surface area contributed by atoms with Crippen LogP contribution in [0.5, 0.6) is 0 Å². The van der Waals surface area contributed by atoms with E-state index < -0.39 is 5.60 Å². The number of piperidine rings is 1. The molecule has 0 aromatic carbocycles. The van der Waals surface area contributed by atoms with Crippen molar-refractivity contribution in [2.24, 2.45) is 0 Å². The number of aromatic nitrogens is 2. The van der Waals surface area contributed by atoms with E-state index in [1.54, 1.807) is 0 Å². The van der Waals surface area contributed by atoms with Gasteiger partial charge in [0, 0.05) is 17.5 Å². The van der Waals surface area contributed by atoms with Crippen molar-refractivity contribution in [3.05, 3.63) is 35.3 Å². The Morgan fingerprint density at radius 1 is 1.28 bits per heavy atom. The highest BCUT2D eigenvalue weighted by Gasteiger charge is 2.31. The zero-order valence-electron chi connectivity index (χ0n) is 10.9. The van der Waals surface area contributed by atoms with Gasteiger partial charge in [0.25, 0.3) is 0 Å². The summed E-state index contributed by atoms with van der Waals surface area (Å²) in [5, 5.41) is 14.0. The smallest absolute Gasteiger partial charge is 0.137 e. The highest BCUT2D eigenvalue weighted by Crippen LogP contribution is 2.30. The van der Waals surface area contributed by atoms with Gasteiger partial charge in [-0.25, -0.2) is 4.98 Å². The molecule has 0 bridgehead atoms. The maximum absolute atomic E-state index is 10.7. The molecule has 0 unspecified atom stereocenters. The molecule has 0 saturated carbocycles. The van der Waals surface area contributed by atoms with Crippen molar-refractivity contribution >= 4 is 5.65 Å². The molecular formula is C14H19N3O. The lowest BCUT2D eigenvalue weighted by Crippen LogP contribution is -2.39. The van der Waals surface area contributed by atoms with Crippen LogP contribution in [0.25, 0.3) is 5.65 Å². The first-order chi connectivity index (χ1) is 8.60. The van der Waals surface area contributed by atoms with Gasteiger partial charge in [-0.1, -0.05) is 6.07 Å². The van der Waals surface area contributed by atoms with E-state index in [0.717, 1.165) is 48.5 Å². The lowest BCUT2D eigenvalue weighted by atomic mass is 9.86. The van der Waals surface area contributed by atoms with E-state index in [9.17, 15) is 5.11 Å². The van der Waals surface area contributed by atoms with Crippen molar-refractivity contribution in [3.63, 3.8) is 0 Å².